The number of carbonyl (C=O) groups is 2. The number of fused-ring (bicyclic) bond motifs is 1. The first-order valence-electron chi connectivity index (χ1n) is 10.2. The normalized spacial score (nSPS) is 10.8. The molecule has 0 radical (unpaired) electrons. The lowest BCUT2D eigenvalue weighted by Crippen LogP contribution is -2.25. The average molecular weight is 513 g/mol. The minimum absolute atomic E-state index is 0.0405. The number of carbonyl (C=O) groups excluding carboxylic acids is 2. The Hall–Kier alpha value is -4.09. The van der Waals surface area contributed by atoms with E-state index in [0.29, 0.717) is 16.3 Å². The third-order valence-electron chi connectivity index (χ3n) is 5.07. The van der Waals surface area contributed by atoms with Crippen LogP contribution in [0.3, 0.4) is 0 Å². The molecule has 178 valence electrons. The Labute approximate surface area is 206 Å². The Morgan fingerprint density at radius 3 is 2.71 bits per heavy atom. The molecular formula is C23H17ClN4O6S. The SMILES string of the molecule is CCOC(=O)c1nn(-c2cccc(Cl)c2)c(=O)c2c(NC(=O)c3ccc(C)c([N+](=O)[O-])c3)scc12. The summed E-state index contributed by atoms with van der Waals surface area (Å²) < 4.78 is 6.12. The number of ether oxygens (including phenoxy) is 1. The molecule has 4 rings (SSSR count). The molecule has 35 heavy (non-hydrogen) atoms. The van der Waals surface area contributed by atoms with Crippen LogP contribution in [0.15, 0.2) is 52.6 Å². The summed E-state index contributed by atoms with van der Waals surface area (Å²) in [6, 6.07) is 10.4. The van der Waals surface area contributed by atoms with Crippen molar-refractivity contribution in [2.24, 2.45) is 0 Å². The van der Waals surface area contributed by atoms with E-state index in [1.54, 1.807) is 32.0 Å². The molecule has 2 aromatic heterocycles. The summed E-state index contributed by atoms with van der Waals surface area (Å²) in [6.45, 7) is 3.30. The van der Waals surface area contributed by atoms with E-state index in [4.69, 9.17) is 16.3 Å². The van der Waals surface area contributed by atoms with Crippen molar-refractivity contribution in [3.63, 3.8) is 0 Å². The minimum atomic E-state index is -0.738. The number of rotatable bonds is 6. The van der Waals surface area contributed by atoms with Gasteiger partial charge in [0.1, 0.15) is 5.00 Å². The summed E-state index contributed by atoms with van der Waals surface area (Å²) in [5.41, 5.74) is -0.148. The number of nitrogens with zero attached hydrogens (tertiary/aromatic N) is 3. The number of amides is 1. The number of benzene rings is 2. The molecule has 12 heteroatoms. The lowest BCUT2D eigenvalue weighted by atomic mass is 10.1. The molecule has 0 aliphatic heterocycles. The van der Waals surface area contributed by atoms with Gasteiger partial charge < -0.3 is 10.1 Å². The van der Waals surface area contributed by atoms with E-state index in [9.17, 15) is 24.5 Å². The van der Waals surface area contributed by atoms with E-state index in [0.717, 1.165) is 22.1 Å². The van der Waals surface area contributed by atoms with Crippen LogP contribution < -0.4 is 10.9 Å². The first kappa shape index (κ1) is 24.0. The van der Waals surface area contributed by atoms with Gasteiger partial charge in [0.05, 0.1) is 22.6 Å². The van der Waals surface area contributed by atoms with Crippen LogP contribution in [0, 0.1) is 17.0 Å². The highest BCUT2D eigenvalue weighted by atomic mass is 35.5. The van der Waals surface area contributed by atoms with Gasteiger partial charge in [-0.3, -0.25) is 19.7 Å². The molecule has 0 spiro atoms. The predicted molar refractivity (Wildman–Crippen MR) is 132 cm³/mol. The second-order valence-corrected chi connectivity index (χ2v) is 8.65. The smallest absolute Gasteiger partial charge is 0.359 e. The summed E-state index contributed by atoms with van der Waals surface area (Å²) in [5, 5.41) is 20.4. The molecule has 2 aromatic carbocycles. The number of nitro benzene ring substituents is 1. The second kappa shape index (κ2) is 9.65. The van der Waals surface area contributed by atoms with Crippen molar-refractivity contribution in [3.8, 4) is 5.69 Å². The number of halogens is 1. The van der Waals surface area contributed by atoms with Crippen LogP contribution in [0.2, 0.25) is 5.02 Å². The Kier molecular flexibility index (Phi) is 6.63. The summed E-state index contributed by atoms with van der Waals surface area (Å²) in [4.78, 5) is 49.7. The molecule has 4 aromatic rings. The van der Waals surface area contributed by atoms with Gasteiger partial charge in [0.25, 0.3) is 17.2 Å². The number of esters is 1. The van der Waals surface area contributed by atoms with E-state index in [1.165, 1.54) is 23.6 Å². The van der Waals surface area contributed by atoms with Crippen molar-refractivity contribution in [1.82, 2.24) is 9.78 Å². The van der Waals surface area contributed by atoms with Gasteiger partial charge in [-0.15, -0.1) is 11.3 Å². The first-order valence-corrected chi connectivity index (χ1v) is 11.5. The predicted octanol–water partition coefficient (Wildman–Crippen LogP) is 4.75. The zero-order chi connectivity index (χ0) is 25.3. The van der Waals surface area contributed by atoms with Crippen LogP contribution in [0.25, 0.3) is 16.5 Å². The van der Waals surface area contributed by atoms with Crippen molar-refractivity contribution in [1.29, 1.82) is 0 Å². The molecule has 0 saturated heterocycles. The number of nitrogens with one attached hydrogen (secondary N) is 1. The fourth-order valence-electron chi connectivity index (χ4n) is 3.40. The topological polar surface area (TPSA) is 133 Å². The largest absolute Gasteiger partial charge is 0.461 e. The summed E-state index contributed by atoms with van der Waals surface area (Å²) >= 11 is 7.09. The maximum absolute atomic E-state index is 13.4. The molecule has 0 atom stereocenters. The molecule has 0 fully saturated rings. The monoisotopic (exact) mass is 512 g/mol. The number of thiophene rings is 1. The number of nitro groups is 1. The molecule has 1 N–H and O–H groups in total. The lowest BCUT2D eigenvalue weighted by Gasteiger charge is -2.10. The molecule has 0 aliphatic carbocycles. The van der Waals surface area contributed by atoms with Crippen molar-refractivity contribution in [2.45, 2.75) is 13.8 Å². The van der Waals surface area contributed by atoms with Gasteiger partial charge in [0.15, 0.2) is 5.69 Å². The summed E-state index contributed by atoms with van der Waals surface area (Å²) in [7, 11) is 0. The van der Waals surface area contributed by atoms with Gasteiger partial charge in [-0.05, 0) is 38.1 Å². The Morgan fingerprint density at radius 2 is 2.03 bits per heavy atom. The van der Waals surface area contributed by atoms with Crippen LogP contribution in [-0.2, 0) is 4.74 Å². The van der Waals surface area contributed by atoms with E-state index in [1.807, 2.05) is 0 Å². The highest BCUT2D eigenvalue weighted by Gasteiger charge is 2.24. The van der Waals surface area contributed by atoms with Gasteiger partial charge in [0.2, 0.25) is 0 Å². The molecule has 0 aliphatic rings. The minimum Gasteiger partial charge on any atom is -0.461 e. The van der Waals surface area contributed by atoms with E-state index in [2.05, 4.69) is 10.4 Å². The average Bonchev–Trinajstić information content (AvgIpc) is 3.23. The molecule has 0 unspecified atom stereocenters. The van der Waals surface area contributed by atoms with Gasteiger partial charge >= 0.3 is 5.97 Å². The van der Waals surface area contributed by atoms with Crippen LogP contribution in [0.5, 0.6) is 0 Å². The van der Waals surface area contributed by atoms with E-state index in [-0.39, 0.29) is 39.3 Å². The van der Waals surface area contributed by atoms with Gasteiger partial charge in [-0.25, -0.2) is 4.79 Å². The maximum Gasteiger partial charge on any atom is 0.359 e. The number of hydrogen-bond donors (Lipinski definition) is 1. The number of hydrogen-bond acceptors (Lipinski definition) is 8. The van der Waals surface area contributed by atoms with Gasteiger partial charge in [0, 0.05) is 33.0 Å². The van der Waals surface area contributed by atoms with Crippen LogP contribution in [-0.4, -0.2) is 33.2 Å². The Balaban J connectivity index is 1.86. The number of aryl methyl sites for hydroxylation is 1. The molecule has 0 bridgehead atoms. The second-order valence-electron chi connectivity index (χ2n) is 7.33. The van der Waals surface area contributed by atoms with E-state index < -0.39 is 22.4 Å². The number of anilines is 1. The highest BCUT2D eigenvalue weighted by Crippen LogP contribution is 2.31. The van der Waals surface area contributed by atoms with Crippen molar-refractivity contribution < 1.29 is 19.2 Å². The quantitative estimate of drug-likeness (QED) is 0.224. The molecule has 0 saturated carbocycles. The lowest BCUT2D eigenvalue weighted by molar-refractivity contribution is -0.385. The molecule has 1 amide bonds. The van der Waals surface area contributed by atoms with Gasteiger partial charge in [-0.1, -0.05) is 23.7 Å². The standard InChI is InChI=1S/C23H17ClN4O6S/c1-3-34-23(31)19-16-11-35-21(25-20(29)13-8-7-12(2)17(9-13)28(32)33)18(16)22(30)27(26-19)15-6-4-5-14(24)10-15/h4-11H,3H2,1-2H3,(H,25,29). The fraction of sp³-hybridized carbons (Fsp3) is 0.130. The highest BCUT2D eigenvalue weighted by molar-refractivity contribution is 7.16. The fourth-order valence-corrected chi connectivity index (χ4v) is 4.51. The zero-order valence-corrected chi connectivity index (χ0v) is 20.0. The van der Waals surface area contributed by atoms with Gasteiger partial charge in [-0.2, -0.15) is 9.78 Å². The molecule has 10 nitrogen and oxygen atoms in total. The Bertz CT molecular complexity index is 1560. The third kappa shape index (κ3) is 4.63. The first-order chi connectivity index (χ1) is 16.7. The Morgan fingerprint density at radius 1 is 1.26 bits per heavy atom. The van der Waals surface area contributed by atoms with Crippen LogP contribution in [0.4, 0.5) is 10.7 Å². The molecular weight excluding hydrogens is 496 g/mol. The molecule has 2 heterocycles. The van der Waals surface area contributed by atoms with Crippen molar-refractivity contribution >= 4 is 56.3 Å². The summed E-state index contributed by atoms with van der Waals surface area (Å²) in [6.07, 6.45) is 0. The zero-order valence-electron chi connectivity index (χ0n) is 18.4. The number of aromatic nitrogens is 2. The van der Waals surface area contributed by atoms with Crippen LogP contribution >= 0.6 is 22.9 Å². The van der Waals surface area contributed by atoms with E-state index >= 15 is 0 Å². The van der Waals surface area contributed by atoms with Crippen molar-refractivity contribution in [2.75, 3.05) is 11.9 Å². The van der Waals surface area contributed by atoms with Crippen molar-refractivity contribution in [3.05, 3.63) is 90.2 Å². The third-order valence-corrected chi connectivity index (χ3v) is 6.20. The van der Waals surface area contributed by atoms with Crippen LogP contribution in [0.1, 0.15) is 33.3 Å². The maximum atomic E-state index is 13.4. The summed E-state index contributed by atoms with van der Waals surface area (Å²) in [5.74, 6) is -1.39.